The minimum atomic E-state index is -0.839. The molecule has 0 saturated carbocycles. The molecule has 1 nitrogen and oxygen atoms in total. The summed E-state index contributed by atoms with van der Waals surface area (Å²) in [6.07, 6.45) is 0.207. The van der Waals surface area contributed by atoms with Gasteiger partial charge < -0.3 is 5.11 Å². The molecule has 1 unspecified atom stereocenters. The third kappa shape index (κ3) is 3.53. The molecule has 0 aromatic heterocycles. The van der Waals surface area contributed by atoms with Crippen molar-refractivity contribution in [3.05, 3.63) is 69.4 Å². The van der Waals surface area contributed by atoms with E-state index in [0.29, 0.717) is 10.0 Å². The van der Waals surface area contributed by atoms with Gasteiger partial charge >= 0.3 is 0 Å². The summed E-state index contributed by atoms with van der Waals surface area (Å²) >= 11 is 3.36. The molecular weight excluding hydrogens is 331 g/mol. The first-order valence-corrected chi connectivity index (χ1v) is 7.88. The van der Waals surface area contributed by atoms with Crippen molar-refractivity contribution in [1.82, 2.24) is 0 Å². The van der Waals surface area contributed by atoms with Crippen LogP contribution in [-0.4, -0.2) is 5.11 Å². The summed E-state index contributed by atoms with van der Waals surface area (Å²) in [5.74, 6) is -0.351. The molecule has 2 rings (SSSR count). The van der Waals surface area contributed by atoms with Gasteiger partial charge in [0.2, 0.25) is 0 Å². The number of aliphatic hydroxyl groups is 1. The van der Waals surface area contributed by atoms with Crippen LogP contribution in [0, 0.1) is 5.82 Å². The molecule has 0 aliphatic heterocycles. The molecule has 0 amide bonds. The van der Waals surface area contributed by atoms with E-state index in [2.05, 4.69) is 36.7 Å². The monoisotopic (exact) mass is 350 g/mol. The van der Waals surface area contributed by atoms with Gasteiger partial charge in [-0.05, 0) is 41.2 Å². The molecule has 112 valence electrons. The van der Waals surface area contributed by atoms with E-state index >= 15 is 0 Å². The van der Waals surface area contributed by atoms with Crippen molar-refractivity contribution in [2.24, 2.45) is 0 Å². The first kappa shape index (κ1) is 16.2. The van der Waals surface area contributed by atoms with E-state index in [9.17, 15) is 9.50 Å². The Hall–Kier alpha value is -1.19. The number of benzene rings is 2. The fraction of sp³-hybridized carbons (Fsp3) is 0.333. The molecule has 1 N–H and O–H groups in total. The number of hydrogen-bond donors (Lipinski definition) is 1. The zero-order chi connectivity index (χ0) is 15.6. The Morgan fingerprint density at radius 3 is 2.33 bits per heavy atom. The molecular formula is C18H20BrFO. The van der Waals surface area contributed by atoms with Crippen LogP contribution in [0.5, 0.6) is 0 Å². The smallest absolute Gasteiger partial charge is 0.123 e. The van der Waals surface area contributed by atoms with E-state index in [1.807, 2.05) is 24.3 Å². The Morgan fingerprint density at radius 2 is 1.76 bits per heavy atom. The second kappa shape index (κ2) is 6.29. The highest BCUT2D eigenvalue weighted by atomic mass is 79.9. The average molecular weight is 351 g/mol. The first-order chi connectivity index (χ1) is 9.85. The molecule has 21 heavy (non-hydrogen) atoms. The summed E-state index contributed by atoms with van der Waals surface area (Å²) in [4.78, 5) is 0. The maximum absolute atomic E-state index is 13.4. The predicted molar refractivity (Wildman–Crippen MR) is 87.9 cm³/mol. The normalized spacial score (nSPS) is 13.2. The summed E-state index contributed by atoms with van der Waals surface area (Å²) in [6.45, 7) is 6.55. The number of hydrogen-bond acceptors (Lipinski definition) is 1. The van der Waals surface area contributed by atoms with Crippen LogP contribution in [0.3, 0.4) is 0 Å². The summed E-state index contributed by atoms with van der Waals surface area (Å²) in [7, 11) is 0. The molecule has 0 aliphatic carbocycles. The van der Waals surface area contributed by atoms with E-state index in [1.165, 1.54) is 17.7 Å². The second-order valence-corrected chi connectivity index (χ2v) is 6.78. The molecule has 0 fully saturated rings. The van der Waals surface area contributed by atoms with Crippen LogP contribution < -0.4 is 0 Å². The van der Waals surface area contributed by atoms with Crippen LogP contribution in [-0.2, 0) is 5.41 Å². The maximum Gasteiger partial charge on any atom is 0.123 e. The molecule has 0 radical (unpaired) electrons. The van der Waals surface area contributed by atoms with Gasteiger partial charge in [-0.1, -0.05) is 61.0 Å². The van der Waals surface area contributed by atoms with Crippen LogP contribution in [0.25, 0.3) is 0 Å². The lowest BCUT2D eigenvalue weighted by atomic mass is 9.81. The minimum Gasteiger partial charge on any atom is -0.384 e. The standard InChI is InChI=1S/C18H20BrFO/c1-4-18(2,3)13-7-5-12(6-8-13)17(21)15-11-14(20)9-10-16(15)19/h5-11,17,21H,4H2,1-3H3. The SMILES string of the molecule is CCC(C)(C)c1ccc(C(O)c2cc(F)ccc2Br)cc1. The van der Waals surface area contributed by atoms with Crippen LogP contribution in [0.15, 0.2) is 46.9 Å². The van der Waals surface area contributed by atoms with E-state index < -0.39 is 6.10 Å². The summed E-state index contributed by atoms with van der Waals surface area (Å²) in [6, 6.07) is 12.2. The van der Waals surface area contributed by atoms with Gasteiger partial charge in [-0.15, -0.1) is 0 Å². The van der Waals surface area contributed by atoms with E-state index in [-0.39, 0.29) is 11.2 Å². The van der Waals surface area contributed by atoms with Crippen molar-refractivity contribution >= 4 is 15.9 Å². The van der Waals surface area contributed by atoms with E-state index in [0.717, 1.165) is 12.0 Å². The Kier molecular flexibility index (Phi) is 4.84. The van der Waals surface area contributed by atoms with Crippen LogP contribution in [0.2, 0.25) is 0 Å². The molecule has 0 aliphatic rings. The van der Waals surface area contributed by atoms with E-state index in [4.69, 9.17) is 0 Å². The highest BCUT2D eigenvalue weighted by Gasteiger charge is 2.19. The summed E-state index contributed by atoms with van der Waals surface area (Å²) < 4.78 is 14.1. The van der Waals surface area contributed by atoms with Gasteiger partial charge in [-0.2, -0.15) is 0 Å². The van der Waals surface area contributed by atoms with Gasteiger partial charge in [0.1, 0.15) is 11.9 Å². The van der Waals surface area contributed by atoms with Crippen molar-refractivity contribution in [2.45, 2.75) is 38.7 Å². The fourth-order valence-corrected chi connectivity index (χ4v) is 2.69. The molecule has 2 aromatic rings. The lowest BCUT2D eigenvalue weighted by Crippen LogP contribution is -2.15. The van der Waals surface area contributed by atoms with Crippen molar-refractivity contribution in [3.63, 3.8) is 0 Å². The second-order valence-electron chi connectivity index (χ2n) is 5.93. The number of aliphatic hydroxyl groups excluding tert-OH is 1. The zero-order valence-electron chi connectivity index (χ0n) is 12.5. The molecule has 0 bridgehead atoms. The third-order valence-corrected chi connectivity index (χ3v) is 4.87. The summed E-state index contributed by atoms with van der Waals surface area (Å²) in [5.41, 5.74) is 2.65. The average Bonchev–Trinajstić information content (AvgIpc) is 2.49. The van der Waals surface area contributed by atoms with Gasteiger partial charge in [0.05, 0.1) is 0 Å². The highest BCUT2D eigenvalue weighted by Crippen LogP contribution is 2.32. The molecule has 2 aromatic carbocycles. The van der Waals surface area contributed by atoms with Gasteiger partial charge in [0.15, 0.2) is 0 Å². The van der Waals surface area contributed by atoms with Gasteiger partial charge in [-0.3, -0.25) is 0 Å². The Bertz CT molecular complexity index is 620. The van der Waals surface area contributed by atoms with Crippen molar-refractivity contribution < 1.29 is 9.50 Å². The van der Waals surface area contributed by atoms with Gasteiger partial charge in [-0.25, -0.2) is 4.39 Å². The Balaban J connectivity index is 2.32. The lowest BCUT2D eigenvalue weighted by molar-refractivity contribution is 0.219. The minimum absolute atomic E-state index is 0.114. The number of rotatable bonds is 4. The molecule has 3 heteroatoms. The first-order valence-electron chi connectivity index (χ1n) is 7.08. The van der Waals surface area contributed by atoms with Crippen molar-refractivity contribution in [2.75, 3.05) is 0 Å². The largest absolute Gasteiger partial charge is 0.384 e. The van der Waals surface area contributed by atoms with Crippen molar-refractivity contribution in [1.29, 1.82) is 0 Å². The molecule has 0 saturated heterocycles. The van der Waals surface area contributed by atoms with Crippen LogP contribution in [0.4, 0.5) is 4.39 Å². The van der Waals surface area contributed by atoms with Gasteiger partial charge in [0.25, 0.3) is 0 Å². The molecule has 1 atom stereocenters. The zero-order valence-corrected chi connectivity index (χ0v) is 14.1. The van der Waals surface area contributed by atoms with Gasteiger partial charge in [0, 0.05) is 10.0 Å². The summed E-state index contributed by atoms with van der Waals surface area (Å²) in [5, 5.41) is 10.5. The highest BCUT2D eigenvalue weighted by molar-refractivity contribution is 9.10. The Morgan fingerprint density at radius 1 is 1.14 bits per heavy atom. The molecule has 0 heterocycles. The number of halogens is 2. The van der Waals surface area contributed by atoms with Crippen LogP contribution in [0.1, 0.15) is 50.0 Å². The Labute approximate surface area is 134 Å². The third-order valence-electron chi connectivity index (χ3n) is 4.14. The molecule has 0 spiro atoms. The topological polar surface area (TPSA) is 20.2 Å². The van der Waals surface area contributed by atoms with E-state index in [1.54, 1.807) is 6.07 Å². The maximum atomic E-state index is 13.4. The van der Waals surface area contributed by atoms with Crippen LogP contribution >= 0.6 is 15.9 Å². The van der Waals surface area contributed by atoms with Crippen molar-refractivity contribution in [3.8, 4) is 0 Å². The quantitative estimate of drug-likeness (QED) is 0.786. The predicted octanol–water partition coefficient (Wildman–Crippen LogP) is 5.36. The fourth-order valence-electron chi connectivity index (χ4n) is 2.22. The lowest BCUT2D eigenvalue weighted by Gasteiger charge is -2.24.